The van der Waals surface area contributed by atoms with Crippen molar-refractivity contribution in [3.05, 3.63) is 75.6 Å². The number of carboxylic acids is 1. The fourth-order valence-electron chi connectivity index (χ4n) is 3.30. The minimum Gasteiger partial charge on any atom is -0.490 e. The number of carbonyl (C=O) groups is 2. The monoisotopic (exact) mass is 518 g/mol. The molecule has 0 radical (unpaired) electrons. The molecule has 0 unspecified atom stereocenters. The number of rotatable bonds is 8. The highest BCUT2D eigenvalue weighted by Gasteiger charge is 2.19. The zero-order chi connectivity index (χ0) is 26.6. The number of aromatic nitrogens is 1. The highest BCUT2D eigenvalue weighted by molar-refractivity contribution is 7.14. The zero-order valence-corrected chi connectivity index (χ0v) is 20.9. The summed E-state index contributed by atoms with van der Waals surface area (Å²) in [6.45, 7) is 6.25. The number of carboxylic acid groups (broad SMARTS) is 1. The van der Waals surface area contributed by atoms with Gasteiger partial charge in [0.1, 0.15) is 17.5 Å². The summed E-state index contributed by atoms with van der Waals surface area (Å²) in [4.78, 5) is 27.9. The van der Waals surface area contributed by atoms with Crippen molar-refractivity contribution in [3.8, 4) is 11.3 Å². The van der Waals surface area contributed by atoms with Crippen LogP contribution in [0.4, 0.5) is 18.3 Å². The molecule has 1 amide bonds. The number of ether oxygens (including phenoxy) is 1. The molecule has 0 saturated carbocycles. The summed E-state index contributed by atoms with van der Waals surface area (Å²) in [5.41, 5.74) is 0.229. The molecule has 0 atom stereocenters. The average Bonchev–Trinajstić information content (AvgIpc) is 3.25. The van der Waals surface area contributed by atoms with Crippen LogP contribution < -0.4 is 5.32 Å². The van der Waals surface area contributed by atoms with Gasteiger partial charge in [-0.1, -0.05) is 32.9 Å². The quantitative estimate of drug-likeness (QED) is 0.261. The second kappa shape index (κ2) is 10.9. The van der Waals surface area contributed by atoms with Crippen LogP contribution in [0.3, 0.4) is 0 Å². The number of anilines is 1. The summed E-state index contributed by atoms with van der Waals surface area (Å²) in [5.74, 6) is -5.69. The van der Waals surface area contributed by atoms with Gasteiger partial charge in [-0.15, -0.1) is 11.3 Å². The van der Waals surface area contributed by atoms with Gasteiger partial charge in [-0.3, -0.25) is 10.1 Å². The molecule has 36 heavy (non-hydrogen) atoms. The van der Waals surface area contributed by atoms with Gasteiger partial charge in [0.15, 0.2) is 5.13 Å². The van der Waals surface area contributed by atoms with Crippen LogP contribution in [0.2, 0.25) is 0 Å². The van der Waals surface area contributed by atoms with Crippen LogP contribution in [-0.4, -0.2) is 29.1 Å². The molecule has 3 rings (SSSR count). The Balaban J connectivity index is 1.80. The van der Waals surface area contributed by atoms with Crippen molar-refractivity contribution in [2.75, 3.05) is 12.4 Å². The number of aliphatic carboxylic acids is 1. The fourth-order valence-corrected chi connectivity index (χ4v) is 4.00. The number of methoxy groups -OCH3 is 1. The Kier molecular flexibility index (Phi) is 8.19. The average molecular weight is 519 g/mol. The maximum atomic E-state index is 15.1. The van der Waals surface area contributed by atoms with Crippen molar-refractivity contribution in [1.29, 1.82) is 0 Å². The molecule has 1 aromatic heterocycles. The highest BCUT2D eigenvalue weighted by Crippen LogP contribution is 2.31. The van der Waals surface area contributed by atoms with Crippen molar-refractivity contribution in [1.82, 2.24) is 4.98 Å². The van der Waals surface area contributed by atoms with Gasteiger partial charge in [0.25, 0.3) is 5.91 Å². The molecule has 190 valence electrons. The molecule has 0 aliphatic carbocycles. The van der Waals surface area contributed by atoms with E-state index in [0.717, 1.165) is 37.0 Å². The summed E-state index contributed by atoms with van der Waals surface area (Å²) in [5, 5.41) is 13.1. The number of amides is 1. The Bertz CT molecular complexity index is 1310. The molecule has 0 aliphatic rings. The summed E-state index contributed by atoms with van der Waals surface area (Å²) < 4.78 is 48.6. The summed E-state index contributed by atoms with van der Waals surface area (Å²) in [6, 6.07) is 6.61. The van der Waals surface area contributed by atoms with Gasteiger partial charge in [0.2, 0.25) is 5.76 Å². The van der Waals surface area contributed by atoms with E-state index in [-0.39, 0.29) is 21.9 Å². The predicted molar refractivity (Wildman–Crippen MR) is 132 cm³/mol. The van der Waals surface area contributed by atoms with Crippen LogP contribution in [0, 0.1) is 22.9 Å². The van der Waals surface area contributed by atoms with Crippen molar-refractivity contribution < 1.29 is 32.6 Å². The lowest BCUT2D eigenvalue weighted by molar-refractivity contribution is -0.135. The molecule has 0 spiro atoms. The van der Waals surface area contributed by atoms with Crippen LogP contribution in [-0.2, 0) is 16.0 Å². The topological polar surface area (TPSA) is 88.5 Å². The zero-order valence-electron chi connectivity index (χ0n) is 20.1. The molecule has 3 aromatic rings. The van der Waals surface area contributed by atoms with Gasteiger partial charge in [0, 0.05) is 28.1 Å². The Morgan fingerprint density at radius 3 is 2.42 bits per heavy atom. The van der Waals surface area contributed by atoms with E-state index in [4.69, 9.17) is 5.11 Å². The van der Waals surface area contributed by atoms with Crippen LogP contribution in [0.5, 0.6) is 0 Å². The van der Waals surface area contributed by atoms with Crippen LogP contribution in [0.25, 0.3) is 17.3 Å². The first-order chi connectivity index (χ1) is 16.9. The van der Waals surface area contributed by atoms with E-state index in [1.165, 1.54) is 0 Å². The lowest BCUT2D eigenvalue weighted by Gasteiger charge is -2.18. The van der Waals surface area contributed by atoms with Gasteiger partial charge in [-0.25, -0.2) is 22.9 Å². The molecular weight excluding hydrogens is 493 g/mol. The second-order valence-electron chi connectivity index (χ2n) is 9.20. The van der Waals surface area contributed by atoms with E-state index >= 15 is 4.39 Å². The molecular formula is C26H25F3N2O4S. The van der Waals surface area contributed by atoms with Gasteiger partial charge in [-0.05, 0) is 42.0 Å². The van der Waals surface area contributed by atoms with Crippen LogP contribution >= 0.6 is 11.3 Å². The number of aryl methyl sites for hydroxylation is 1. The molecule has 6 nitrogen and oxygen atoms in total. The summed E-state index contributed by atoms with van der Waals surface area (Å²) in [7, 11) is 1.05. The lowest BCUT2D eigenvalue weighted by Crippen LogP contribution is -2.13. The molecule has 10 heteroatoms. The Labute approximate surface area is 210 Å². The standard InChI is InChI=1S/C26H25F3N2O4S/c1-26(2,3)9-8-14-6-5-7-16(22(14)29)20-13-36-25(30-20)31-23(32)15-10-18(27)17(19(28)11-15)12-21(35-4)24(33)34/h5-7,10-13H,8-9H2,1-4H3,(H,33,34)(H,30,31,32). The van der Waals surface area contributed by atoms with Gasteiger partial charge >= 0.3 is 5.97 Å². The van der Waals surface area contributed by atoms with Crippen molar-refractivity contribution in [3.63, 3.8) is 0 Å². The number of thiazole rings is 1. The van der Waals surface area contributed by atoms with Gasteiger partial charge in [0.05, 0.1) is 12.8 Å². The lowest BCUT2D eigenvalue weighted by atomic mass is 9.88. The van der Waals surface area contributed by atoms with E-state index in [9.17, 15) is 18.4 Å². The molecule has 0 fully saturated rings. The number of halogens is 3. The van der Waals surface area contributed by atoms with Crippen LogP contribution in [0.1, 0.15) is 48.7 Å². The van der Waals surface area contributed by atoms with E-state index in [2.05, 4.69) is 35.8 Å². The number of benzene rings is 2. The highest BCUT2D eigenvalue weighted by atomic mass is 32.1. The maximum Gasteiger partial charge on any atom is 0.371 e. The number of nitrogens with zero attached hydrogens (tertiary/aromatic N) is 1. The maximum absolute atomic E-state index is 15.1. The number of carbonyl (C=O) groups excluding carboxylic acids is 1. The Morgan fingerprint density at radius 2 is 1.83 bits per heavy atom. The third kappa shape index (κ3) is 6.51. The van der Waals surface area contributed by atoms with E-state index in [1.807, 2.05) is 0 Å². The molecule has 2 aromatic carbocycles. The number of hydrogen-bond acceptors (Lipinski definition) is 5. The number of nitrogens with one attached hydrogen (secondary N) is 1. The largest absolute Gasteiger partial charge is 0.490 e. The SMILES string of the molecule is COC(=Cc1c(F)cc(C(=O)Nc2nc(-c3cccc(CCC(C)(C)C)c3F)cs2)cc1F)C(=O)O. The molecule has 2 N–H and O–H groups in total. The third-order valence-corrected chi connectivity index (χ3v) is 6.03. The number of hydrogen-bond donors (Lipinski definition) is 2. The Hall–Kier alpha value is -3.66. The summed E-state index contributed by atoms with van der Waals surface area (Å²) >= 11 is 1.04. The third-order valence-electron chi connectivity index (χ3n) is 5.27. The van der Waals surface area contributed by atoms with Gasteiger partial charge in [-0.2, -0.15) is 0 Å². The second-order valence-corrected chi connectivity index (χ2v) is 10.1. The van der Waals surface area contributed by atoms with Crippen molar-refractivity contribution in [2.24, 2.45) is 5.41 Å². The van der Waals surface area contributed by atoms with Crippen LogP contribution in [0.15, 0.2) is 41.5 Å². The smallest absolute Gasteiger partial charge is 0.371 e. The predicted octanol–water partition coefficient (Wildman–Crippen LogP) is 6.53. The van der Waals surface area contributed by atoms with E-state index < -0.39 is 34.8 Å². The first kappa shape index (κ1) is 26.9. The van der Waals surface area contributed by atoms with Crippen molar-refractivity contribution >= 4 is 34.4 Å². The molecule has 0 aliphatic heterocycles. The first-order valence-electron chi connectivity index (χ1n) is 10.9. The van der Waals surface area contributed by atoms with E-state index in [1.54, 1.807) is 23.6 Å². The summed E-state index contributed by atoms with van der Waals surface area (Å²) in [6.07, 6.45) is 2.06. The minimum atomic E-state index is -1.51. The van der Waals surface area contributed by atoms with Gasteiger partial charge < -0.3 is 9.84 Å². The molecule has 0 bridgehead atoms. The molecule has 0 saturated heterocycles. The van der Waals surface area contributed by atoms with E-state index in [0.29, 0.717) is 29.3 Å². The minimum absolute atomic E-state index is 0.0519. The normalized spacial score (nSPS) is 11.9. The Morgan fingerprint density at radius 1 is 1.17 bits per heavy atom. The molecule has 1 heterocycles. The first-order valence-corrected chi connectivity index (χ1v) is 11.8. The fraction of sp³-hybridized carbons (Fsp3) is 0.269. The van der Waals surface area contributed by atoms with Crippen molar-refractivity contribution in [2.45, 2.75) is 33.6 Å².